The van der Waals surface area contributed by atoms with Gasteiger partial charge < -0.3 is 9.64 Å². The maximum absolute atomic E-state index is 12.9. The van der Waals surface area contributed by atoms with Gasteiger partial charge in [0.2, 0.25) is 0 Å². The average molecular weight is 363 g/mol. The van der Waals surface area contributed by atoms with Crippen LogP contribution in [0.2, 0.25) is 0 Å². The van der Waals surface area contributed by atoms with E-state index in [4.69, 9.17) is 4.74 Å². The molecule has 0 N–H and O–H groups in total. The van der Waals surface area contributed by atoms with E-state index in [0.29, 0.717) is 17.0 Å². The lowest BCUT2D eigenvalue weighted by molar-refractivity contribution is -0.139. The van der Waals surface area contributed by atoms with Gasteiger partial charge in [-0.25, -0.2) is 0 Å². The van der Waals surface area contributed by atoms with Crippen LogP contribution in [0.5, 0.6) is 0 Å². The fraction of sp³-hybridized carbons (Fsp3) is 0.190. The van der Waals surface area contributed by atoms with Gasteiger partial charge in [-0.2, -0.15) is 10.1 Å². The molecule has 0 aliphatic carbocycles. The van der Waals surface area contributed by atoms with E-state index in [0.717, 1.165) is 11.3 Å². The highest BCUT2D eigenvalue weighted by molar-refractivity contribution is 6.34. The molecule has 0 saturated carbocycles. The predicted molar refractivity (Wildman–Crippen MR) is 107 cm³/mol. The van der Waals surface area contributed by atoms with Gasteiger partial charge >= 0.3 is 5.97 Å². The fourth-order valence-electron chi connectivity index (χ4n) is 2.72. The zero-order valence-corrected chi connectivity index (χ0v) is 15.5. The van der Waals surface area contributed by atoms with Crippen molar-refractivity contribution >= 4 is 35.0 Å². The molecule has 0 radical (unpaired) electrons. The van der Waals surface area contributed by atoms with Gasteiger partial charge in [-0.1, -0.05) is 30.3 Å². The first-order chi connectivity index (χ1) is 13.0. The highest BCUT2D eigenvalue weighted by Crippen LogP contribution is 2.26. The summed E-state index contributed by atoms with van der Waals surface area (Å²) in [6.07, 6.45) is 1.69. The van der Waals surface area contributed by atoms with Crippen LogP contribution in [0.25, 0.3) is 6.08 Å². The van der Waals surface area contributed by atoms with E-state index in [9.17, 15) is 9.59 Å². The molecule has 0 unspecified atom stereocenters. The molecule has 0 fully saturated rings. The number of hydrogen-bond acceptors (Lipinski definition) is 5. The van der Waals surface area contributed by atoms with E-state index in [2.05, 4.69) is 5.10 Å². The lowest BCUT2D eigenvalue weighted by Crippen LogP contribution is -2.21. The Balaban J connectivity index is 1.97. The Morgan fingerprint density at radius 3 is 2.37 bits per heavy atom. The quantitative estimate of drug-likeness (QED) is 0.605. The Morgan fingerprint density at radius 1 is 1.11 bits per heavy atom. The highest BCUT2D eigenvalue weighted by Gasteiger charge is 2.32. The molecule has 2 aromatic rings. The number of amides is 1. The van der Waals surface area contributed by atoms with Crippen molar-refractivity contribution in [2.24, 2.45) is 5.10 Å². The molecule has 2 aromatic carbocycles. The first-order valence-corrected chi connectivity index (χ1v) is 8.53. The summed E-state index contributed by atoms with van der Waals surface area (Å²) in [6, 6.07) is 16.9. The molecule has 27 heavy (non-hydrogen) atoms. The summed E-state index contributed by atoms with van der Waals surface area (Å²) in [7, 11) is 5.25. The van der Waals surface area contributed by atoms with Crippen molar-refractivity contribution in [2.45, 2.75) is 6.42 Å². The lowest BCUT2D eigenvalue weighted by atomic mass is 10.0. The molecule has 0 spiro atoms. The Kier molecular flexibility index (Phi) is 5.35. The number of anilines is 2. The topological polar surface area (TPSA) is 62.2 Å². The third-order valence-corrected chi connectivity index (χ3v) is 4.22. The molecule has 1 aliphatic heterocycles. The summed E-state index contributed by atoms with van der Waals surface area (Å²) in [5.74, 6) is -0.706. The predicted octanol–water partition coefficient (Wildman–Crippen LogP) is 3.10. The number of carbonyl (C=O) groups excluding carboxylic acids is 2. The summed E-state index contributed by atoms with van der Waals surface area (Å²) in [5.41, 5.74) is 3.35. The number of hydrogen-bond donors (Lipinski definition) is 0. The molecular formula is C21H21N3O3. The number of para-hydroxylation sites is 1. The van der Waals surface area contributed by atoms with Gasteiger partial charge in [-0.05, 0) is 35.9 Å². The molecular weight excluding hydrogens is 342 g/mol. The standard InChI is InChI=1S/C21H21N3O3/c1-23(2)16-11-9-15(10-12-16)13-18-19(14-20(25)27-3)22-24(21(18)26)17-7-5-4-6-8-17/h4-13H,14H2,1-3H3/b18-13+. The van der Waals surface area contributed by atoms with E-state index >= 15 is 0 Å². The van der Waals surface area contributed by atoms with Crippen molar-refractivity contribution in [1.29, 1.82) is 0 Å². The Morgan fingerprint density at radius 2 is 1.78 bits per heavy atom. The Hall–Kier alpha value is -3.41. The summed E-state index contributed by atoms with van der Waals surface area (Å²) in [5, 5.41) is 5.69. The number of methoxy groups -OCH3 is 1. The van der Waals surface area contributed by atoms with E-state index in [1.807, 2.05) is 61.5 Å². The SMILES string of the molecule is COC(=O)CC1=NN(c2ccccc2)C(=O)/C1=C/c1ccc(N(C)C)cc1. The monoisotopic (exact) mass is 363 g/mol. The van der Waals surface area contributed by atoms with Gasteiger partial charge in [0, 0.05) is 19.8 Å². The van der Waals surface area contributed by atoms with Crippen LogP contribution >= 0.6 is 0 Å². The van der Waals surface area contributed by atoms with Crippen LogP contribution in [-0.4, -0.2) is 38.8 Å². The number of hydrazone groups is 1. The van der Waals surface area contributed by atoms with Crippen molar-refractivity contribution in [3.05, 3.63) is 65.7 Å². The average Bonchev–Trinajstić information content (AvgIpc) is 2.98. The number of rotatable bonds is 5. The molecule has 138 valence electrons. The normalized spacial score (nSPS) is 15.1. The van der Waals surface area contributed by atoms with Crippen LogP contribution in [0.1, 0.15) is 12.0 Å². The minimum atomic E-state index is -0.440. The van der Waals surface area contributed by atoms with E-state index in [1.54, 1.807) is 18.2 Å². The fourth-order valence-corrected chi connectivity index (χ4v) is 2.72. The summed E-state index contributed by atoms with van der Waals surface area (Å²) in [4.78, 5) is 26.7. The third-order valence-electron chi connectivity index (χ3n) is 4.22. The van der Waals surface area contributed by atoms with Crippen LogP contribution in [0.3, 0.4) is 0 Å². The van der Waals surface area contributed by atoms with Gasteiger partial charge in [-0.15, -0.1) is 0 Å². The molecule has 6 nitrogen and oxygen atoms in total. The molecule has 0 bridgehead atoms. The summed E-state index contributed by atoms with van der Waals surface area (Å²) in [6.45, 7) is 0. The van der Waals surface area contributed by atoms with Crippen LogP contribution in [0, 0.1) is 0 Å². The second-order valence-electron chi connectivity index (χ2n) is 6.30. The Bertz CT molecular complexity index is 900. The minimum absolute atomic E-state index is 0.0623. The van der Waals surface area contributed by atoms with E-state index in [1.165, 1.54) is 12.1 Å². The van der Waals surface area contributed by atoms with Gasteiger partial charge in [0.1, 0.15) is 0 Å². The summed E-state index contributed by atoms with van der Waals surface area (Å²) >= 11 is 0. The zero-order chi connectivity index (χ0) is 19.4. The van der Waals surface area contributed by atoms with Gasteiger partial charge in [0.15, 0.2) is 0 Å². The van der Waals surface area contributed by atoms with Gasteiger partial charge in [0.05, 0.1) is 30.5 Å². The van der Waals surface area contributed by atoms with E-state index < -0.39 is 5.97 Å². The second kappa shape index (κ2) is 7.86. The first kappa shape index (κ1) is 18.4. The summed E-state index contributed by atoms with van der Waals surface area (Å²) < 4.78 is 4.75. The molecule has 6 heteroatoms. The minimum Gasteiger partial charge on any atom is -0.469 e. The molecule has 3 rings (SSSR count). The van der Waals surface area contributed by atoms with Crippen molar-refractivity contribution in [3.63, 3.8) is 0 Å². The van der Waals surface area contributed by atoms with Crippen molar-refractivity contribution < 1.29 is 14.3 Å². The van der Waals surface area contributed by atoms with Crippen LogP contribution in [-0.2, 0) is 14.3 Å². The zero-order valence-electron chi connectivity index (χ0n) is 15.5. The maximum atomic E-state index is 12.9. The maximum Gasteiger partial charge on any atom is 0.311 e. The van der Waals surface area contributed by atoms with Crippen LogP contribution in [0.15, 0.2) is 65.3 Å². The van der Waals surface area contributed by atoms with Crippen molar-refractivity contribution in [1.82, 2.24) is 0 Å². The first-order valence-electron chi connectivity index (χ1n) is 8.53. The highest BCUT2D eigenvalue weighted by atomic mass is 16.5. The molecule has 0 saturated heterocycles. The van der Waals surface area contributed by atoms with Gasteiger partial charge in [-0.3, -0.25) is 9.59 Å². The third kappa shape index (κ3) is 4.06. The smallest absolute Gasteiger partial charge is 0.311 e. The number of carbonyl (C=O) groups is 2. The lowest BCUT2D eigenvalue weighted by Gasteiger charge is -2.12. The Labute approximate surface area is 158 Å². The molecule has 1 amide bonds. The van der Waals surface area contributed by atoms with Crippen molar-refractivity contribution in [2.75, 3.05) is 31.1 Å². The number of benzene rings is 2. The number of ether oxygens (including phenoxy) is 1. The molecule has 0 atom stereocenters. The largest absolute Gasteiger partial charge is 0.469 e. The number of nitrogens with zero attached hydrogens (tertiary/aromatic N) is 3. The second-order valence-corrected chi connectivity index (χ2v) is 6.30. The number of esters is 1. The van der Waals surface area contributed by atoms with Gasteiger partial charge in [0.25, 0.3) is 5.91 Å². The molecule has 1 heterocycles. The molecule has 1 aliphatic rings. The van der Waals surface area contributed by atoms with Crippen molar-refractivity contribution in [3.8, 4) is 0 Å². The van der Waals surface area contributed by atoms with E-state index in [-0.39, 0.29) is 12.3 Å². The van der Waals surface area contributed by atoms with Crippen LogP contribution < -0.4 is 9.91 Å². The molecule has 0 aromatic heterocycles. The van der Waals surface area contributed by atoms with Crippen LogP contribution in [0.4, 0.5) is 11.4 Å².